The summed E-state index contributed by atoms with van der Waals surface area (Å²) in [7, 11) is 1.95. The Hall–Kier alpha value is -1.62. The monoisotopic (exact) mass is 205 g/mol. The Bertz CT molecular complexity index is 480. The highest BCUT2D eigenvalue weighted by atomic mass is 15.4. The van der Waals surface area contributed by atoms with Gasteiger partial charge in [-0.05, 0) is 13.8 Å². The van der Waals surface area contributed by atoms with Gasteiger partial charge >= 0.3 is 0 Å². The highest BCUT2D eigenvalue weighted by Crippen LogP contribution is 2.15. The Kier molecular flexibility index (Phi) is 2.32. The molecule has 0 aromatic carbocycles. The molecule has 5 nitrogen and oxygen atoms in total. The zero-order chi connectivity index (χ0) is 11.0. The van der Waals surface area contributed by atoms with Gasteiger partial charge in [-0.25, -0.2) is 9.67 Å². The number of nitrogens with two attached hydrogens (primary N) is 1. The summed E-state index contributed by atoms with van der Waals surface area (Å²) in [5.41, 5.74) is 8.80. The summed E-state index contributed by atoms with van der Waals surface area (Å²) in [6.07, 6.45) is 3.65. The standard InChI is InChI=1S/C10H15N5/c1-7-9(6-11)8(2)15(13-7)10-12-4-5-14(10)3/h4-5H,6,11H2,1-3H3. The summed E-state index contributed by atoms with van der Waals surface area (Å²) in [4.78, 5) is 4.26. The Balaban J connectivity index is 2.60. The van der Waals surface area contributed by atoms with Crippen molar-refractivity contribution in [2.24, 2.45) is 12.8 Å². The van der Waals surface area contributed by atoms with Gasteiger partial charge in [0.2, 0.25) is 5.95 Å². The SMILES string of the molecule is Cc1nn(-c2nccn2C)c(C)c1CN. The normalized spacial score (nSPS) is 10.9. The fraction of sp³-hybridized carbons (Fsp3) is 0.400. The molecule has 2 aromatic heterocycles. The fourth-order valence-electron chi connectivity index (χ4n) is 1.73. The Morgan fingerprint density at radius 3 is 2.60 bits per heavy atom. The van der Waals surface area contributed by atoms with Crippen molar-refractivity contribution in [1.29, 1.82) is 0 Å². The van der Waals surface area contributed by atoms with E-state index in [1.165, 1.54) is 0 Å². The fourth-order valence-corrected chi connectivity index (χ4v) is 1.73. The Morgan fingerprint density at radius 1 is 1.40 bits per heavy atom. The van der Waals surface area contributed by atoms with Crippen LogP contribution in [0.15, 0.2) is 12.4 Å². The van der Waals surface area contributed by atoms with Crippen LogP contribution in [0.1, 0.15) is 17.0 Å². The lowest BCUT2D eigenvalue weighted by atomic mass is 10.2. The van der Waals surface area contributed by atoms with Crippen LogP contribution in [-0.2, 0) is 13.6 Å². The second-order valence-electron chi connectivity index (χ2n) is 3.60. The molecule has 2 N–H and O–H groups in total. The number of aromatic nitrogens is 4. The molecule has 80 valence electrons. The van der Waals surface area contributed by atoms with Gasteiger partial charge in [-0.15, -0.1) is 0 Å². The van der Waals surface area contributed by atoms with Gasteiger partial charge in [0.1, 0.15) is 0 Å². The molecule has 0 radical (unpaired) electrons. The minimum atomic E-state index is 0.516. The number of nitrogens with zero attached hydrogens (tertiary/aromatic N) is 4. The first-order chi connectivity index (χ1) is 7.15. The molecule has 15 heavy (non-hydrogen) atoms. The van der Waals surface area contributed by atoms with E-state index in [4.69, 9.17) is 5.73 Å². The molecule has 0 aliphatic heterocycles. The van der Waals surface area contributed by atoms with E-state index < -0.39 is 0 Å². The van der Waals surface area contributed by atoms with Gasteiger partial charge in [-0.1, -0.05) is 0 Å². The number of imidazole rings is 1. The van der Waals surface area contributed by atoms with E-state index in [0.717, 1.165) is 22.9 Å². The van der Waals surface area contributed by atoms with E-state index in [2.05, 4.69) is 10.1 Å². The van der Waals surface area contributed by atoms with Crippen molar-refractivity contribution in [3.63, 3.8) is 0 Å². The summed E-state index contributed by atoms with van der Waals surface area (Å²) >= 11 is 0. The van der Waals surface area contributed by atoms with Gasteiger partial charge < -0.3 is 10.3 Å². The lowest BCUT2D eigenvalue weighted by Gasteiger charge is -2.03. The van der Waals surface area contributed by atoms with Crippen LogP contribution in [0, 0.1) is 13.8 Å². The molecule has 2 heterocycles. The molecule has 0 bridgehead atoms. The average Bonchev–Trinajstić information content (AvgIpc) is 2.71. The van der Waals surface area contributed by atoms with Gasteiger partial charge in [0, 0.05) is 37.2 Å². The van der Waals surface area contributed by atoms with E-state index in [1.807, 2.05) is 36.3 Å². The first kappa shape index (κ1) is 9.92. The molecule has 0 aliphatic rings. The van der Waals surface area contributed by atoms with Crippen LogP contribution in [0.3, 0.4) is 0 Å². The predicted octanol–water partition coefficient (Wildman–Crippen LogP) is 0.681. The van der Waals surface area contributed by atoms with Crippen LogP contribution < -0.4 is 5.73 Å². The molecule has 0 saturated carbocycles. The first-order valence-electron chi connectivity index (χ1n) is 4.88. The van der Waals surface area contributed by atoms with Crippen molar-refractivity contribution in [3.8, 4) is 5.95 Å². The quantitative estimate of drug-likeness (QED) is 0.784. The molecule has 2 rings (SSSR count). The highest BCUT2D eigenvalue weighted by molar-refractivity contribution is 5.29. The van der Waals surface area contributed by atoms with Crippen LogP contribution in [-0.4, -0.2) is 19.3 Å². The molecule has 5 heteroatoms. The van der Waals surface area contributed by atoms with E-state index >= 15 is 0 Å². The van der Waals surface area contributed by atoms with Crippen molar-refractivity contribution in [2.75, 3.05) is 0 Å². The van der Waals surface area contributed by atoms with Crippen molar-refractivity contribution in [1.82, 2.24) is 19.3 Å². The molecule has 0 unspecified atom stereocenters. The summed E-state index contributed by atoms with van der Waals surface area (Å²) in [6, 6.07) is 0. The van der Waals surface area contributed by atoms with Crippen LogP contribution in [0.2, 0.25) is 0 Å². The van der Waals surface area contributed by atoms with E-state index in [1.54, 1.807) is 6.20 Å². The average molecular weight is 205 g/mol. The maximum Gasteiger partial charge on any atom is 0.230 e. The zero-order valence-corrected chi connectivity index (χ0v) is 9.23. The van der Waals surface area contributed by atoms with Gasteiger partial charge in [-0.2, -0.15) is 5.10 Å². The summed E-state index contributed by atoms with van der Waals surface area (Å²) in [6.45, 7) is 4.49. The first-order valence-corrected chi connectivity index (χ1v) is 4.88. The van der Waals surface area contributed by atoms with Crippen LogP contribution in [0.25, 0.3) is 5.95 Å². The summed E-state index contributed by atoms with van der Waals surface area (Å²) in [5.74, 6) is 0.815. The molecule has 0 saturated heterocycles. The Labute approximate surface area is 88.5 Å². The molecule has 0 amide bonds. The summed E-state index contributed by atoms with van der Waals surface area (Å²) < 4.78 is 3.76. The number of hydrogen-bond donors (Lipinski definition) is 1. The molecule has 0 spiro atoms. The van der Waals surface area contributed by atoms with E-state index in [-0.39, 0.29) is 0 Å². The molecular weight excluding hydrogens is 190 g/mol. The topological polar surface area (TPSA) is 61.7 Å². The minimum absolute atomic E-state index is 0.516. The van der Waals surface area contributed by atoms with Crippen molar-refractivity contribution in [2.45, 2.75) is 20.4 Å². The molecule has 0 aliphatic carbocycles. The largest absolute Gasteiger partial charge is 0.326 e. The van der Waals surface area contributed by atoms with Crippen LogP contribution in [0.5, 0.6) is 0 Å². The van der Waals surface area contributed by atoms with E-state index in [0.29, 0.717) is 6.54 Å². The molecular formula is C10H15N5. The molecule has 0 fully saturated rings. The molecule has 2 aromatic rings. The highest BCUT2D eigenvalue weighted by Gasteiger charge is 2.13. The second kappa shape index (κ2) is 3.51. The van der Waals surface area contributed by atoms with Crippen molar-refractivity contribution >= 4 is 0 Å². The number of rotatable bonds is 2. The smallest absolute Gasteiger partial charge is 0.230 e. The van der Waals surface area contributed by atoms with Gasteiger partial charge in [0.25, 0.3) is 0 Å². The van der Waals surface area contributed by atoms with Gasteiger partial charge in [0.05, 0.1) is 5.69 Å². The zero-order valence-electron chi connectivity index (χ0n) is 9.23. The van der Waals surface area contributed by atoms with Crippen molar-refractivity contribution < 1.29 is 0 Å². The second-order valence-corrected chi connectivity index (χ2v) is 3.60. The lowest BCUT2D eigenvalue weighted by molar-refractivity contribution is 0.726. The third-order valence-corrected chi connectivity index (χ3v) is 2.63. The van der Waals surface area contributed by atoms with E-state index in [9.17, 15) is 0 Å². The van der Waals surface area contributed by atoms with Crippen LogP contribution in [0.4, 0.5) is 0 Å². The van der Waals surface area contributed by atoms with Crippen LogP contribution >= 0.6 is 0 Å². The maximum atomic E-state index is 5.68. The lowest BCUT2D eigenvalue weighted by Crippen LogP contribution is -2.07. The van der Waals surface area contributed by atoms with Gasteiger partial charge in [0.15, 0.2) is 0 Å². The predicted molar refractivity (Wildman–Crippen MR) is 57.7 cm³/mol. The molecule has 0 atom stereocenters. The number of aryl methyl sites for hydroxylation is 2. The third kappa shape index (κ3) is 1.45. The summed E-state index contributed by atoms with van der Waals surface area (Å²) in [5, 5.41) is 4.44. The minimum Gasteiger partial charge on any atom is -0.326 e. The van der Waals surface area contributed by atoms with Gasteiger partial charge in [-0.3, -0.25) is 0 Å². The maximum absolute atomic E-state index is 5.68. The van der Waals surface area contributed by atoms with Crippen molar-refractivity contribution in [3.05, 3.63) is 29.3 Å². The Morgan fingerprint density at radius 2 is 2.13 bits per heavy atom. The third-order valence-electron chi connectivity index (χ3n) is 2.63. The number of hydrogen-bond acceptors (Lipinski definition) is 3.